The van der Waals surface area contributed by atoms with E-state index in [2.05, 4.69) is 29.8 Å². The number of rotatable bonds is 7. The van der Waals surface area contributed by atoms with E-state index in [1.54, 1.807) is 12.1 Å². The highest BCUT2D eigenvalue weighted by molar-refractivity contribution is 5.94. The van der Waals surface area contributed by atoms with Gasteiger partial charge in [0.25, 0.3) is 5.91 Å². The number of urea groups is 1. The van der Waals surface area contributed by atoms with Gasteiger partial charge >= 0.3 is 6.03 Å². The zero-order valence-electron chi connectivity index (χ0n) is 15.7. The Kier molecular flexibility index (Phi) is 7.88. The molecule has 6 heteroatoms. The first-order valence-corrected chi connectivity index (χ1v) is 9.50. The maximum Gasteiger partial charge on any atom is 0.314 e. The Morgan fingerprint density at radius 3 is 2.15 bits per heavy atom. The maximum atomic E-state index is 13.6. The molecule has 1 aliphatic carbocycles. The lowest BCUT2D eigenvalue weighted by Gasteiger charge is -2.28. The largest absolute Gasteiger partial charge is 0.352 e. The maximum absolute atomic E-state index is 13.6. The highest BCUT2D eigenvalue weighted by atomic mass is 19.1. The highest BCUT2D eigenvalue weighted by Crippen LogP contribution is 2.28. The Morgan fingerprint density at radius 1 is 1.00 bits per heavy atom. The van der Waals surface area contributed by atoms with Crippen molar-refractivity contribution in [2.45, 2.75) is 39.5 Å². The lowest BCUT2D eigenvalue weighted by molar-refractivity contribution is 0.0937. The van der Waals surface area contributed by atoms with Crippen molar-refractivity contribution in [1.82, 2.24) is 16.0 Å². The number of benzene rings is 1. The standard InChI is InChI=1S/C20H30FN3O2/c1-14(2)11-23-20(26)24-13-16-9-7-15(8-10-16)12-22-19(25)17-5-3-4-6-18(17)21/h3-6,14-16H,7-13H2,1-2H3,(H,22,25)(H2,23,24,26). The second-order valence-electron chi connectivity index (χ2n) is 7.56. The van der Waals surface area contributed by atoms with Crippen LogP contribution in [0.25, 0.3) is 0 Å². The summed E-state index contributed by atoms with van der Waals surface area (Å²) in [6.45, 7) is 6.07. The molecule has 3 amide bonds. The quantitative estimate of drug-likeness (QED) is 0.695. The Bertz CT molecular complexity index is 598. The summed E-state index contributed by atoms with van der Waals surface area (Å²) < 4.78 is 13.6. The number of carbonyl (C=O) groups excluding carboxylic acids is 2. The molecule has 0 heterocycles. The number of hydrogen-bond donors (Lipinski definition) is 3. The molecule has 1 fully saturated rings. The summed E-state index contributed by atoms with van der Waals surface area (Å²) in [7, 11) is 0. The summed E-state index contributed by atoms with van der Waals surface area (Å²) in [5.74, 6) is 0.495. The molecule has 5 nitrogen and oxygen atoms in total. The first kappa shape index (κ1) is 20.2. The Labute approximate surface area is 155 Å². The molecule has 0 saturated heterocycles. The van der Waals surface area contributed by atoms with Gasteiger partial charge in [0.2, 0.25) is 0 Å². The van der Waals surface area contributed by atoms with Crippen molar-refractivity contribution in [2.75, 3.05) is 19.6 Å². The fourth-order valence-corrected chi connectivity index (χ4v) is 3.21. The minimum atomic E-state index is -0.490. The van der Waals surface area contributed by atoms with Crippen molar-refractivity contribution in [3.05, 3.63) is 35.6 Å². The van der Waals surface area contributed by atoms with Crippen LogP contribution in [0.15, 0.2) is 24.3 Å². The Morgan fingerprint density at radius 2 is 1.58 bits per heavy atom. The first-order chi connectivity index (χ1) is 12.5. The molecule has 3 N–H and O–H groups in total. The third-order valence-electron chi connectivity index (χ3n) is 4.86. The Balaban J connectivity index is 1.63. The predicted octanol–water partition coefficient (Wildman–Crippen LogP) is 3.32. The first-order valence-electron chi connectivity index (χ1n) is 9.50. The molecule has 1 aromatic carbocycles. The van der Waals surface area contributed by atoms with Crippen molar-refractivity contribution >= 4 is 11.9 Å². The van der Waals surface area contributed by atoms with E-state index >= 15 is 0 Å². The van der Waals surface area contributed by atoms with Gasteiger partial charge < -0.3 is 16.0 Å². The monoisotopic (exact) mass is 363 g/mol. The molecule has 26 heavy (non-hydrogen) atoms. The van der Waals surface area contributed by atoms with E-state index in [9.17, 15) is 14.0 Å². The topological polar surface area (TPSA) is 70.2 Å². The van der Waals surface area contributed by atoms with E-state index in [0.717, 1.165) is 25.7 Å². The summed E-state index contributed by atoms with van der Waals surface area (Å²) in [4.78, 5) is 23.7. The van der Waals surface area contributed by atoms with Crippen LogP contribution in [0.2, 0.25) is 0 Å². The van der Waals surface area contributed by atoms with Gasteiger partial charge in [-0.05, 0) is 55.6 Å². The minimum absolute atomic E-state index is 0.0952. The van der Waals surface area contributed by atoms with E-state index in [0.29, 0.717) is 37.4 Å². The third kappa shape index (κ3) is 6.65. The van der Waals surface area contributed by atoms with Gasteiger partial charge in [-0.25, -0.2) is 9.18 Å². The van der Waals surface area contributed by atoms with Crippen molar-refractivity contribution in [1.29, 1.82) is 0 Å². The van der Waals surface area contributed by atoms with E-state index in [1.165, 1.54) is 12.1 Å². The lowest BCUT2D eigenvalue weighted by Crippen LogP contribution is -2.40. The minimum Gasteiger partial charge on any atom is -0.352 e. The van der Waals surface area contributed by atoms with Gasteiger partial charge in [0.1, 0.15) is 5.82 Å². The van der Waals surface area contributed by atoms with Crippen LogP contribution in [0.4, 0.5) is 9.18 Å². The number of carbonyl (C=O) groups is 2. The third-order valence-corrected chi connectivity index (χ3v) is 4.86. The summed E-state index contributed by atoms with van der Waals surface area (Å²) >= 11 is 0. The highest BCUT2D eigenvalue weighted by Gasteiger charge is 2.22. The molecule has 0 unspecified atom stereocenters. The van der Waals surface area contributed by atoms with Crippen LogP contribution >= 0.6 is 0 Å². The summed E-state index contributed by atoms with van der Waals surface area (Å²) in [6.07, 6.45) is 4.09. The zero-order chi connectivity index (χ0) is 18.9. The molecule has 144 valence electrons. The number of nitrogens with one attached hydrogen (secondary N) is 3. The van der Waals surface area contributed by atoms with Crippen molar-refractivity contribution in [3.63, 3.8) is 0 Å². The molecule has 0 spiro atoms. The van der Waals surface area contributed by atoms with Gasteiger partial charge in [-0.3, -0.25) is 4.79 Å². The number of halogens is 1. The van der Waals surface area contributed by atoms with E-state index in [1.807, 2.05) is 0 Å². The van der Waals surface area contributed by atoms with Gasteiger partial charge in [-0.2, -0.15) is 0 Å². The van der Waals surface area contributed by atoms with Crippen molar-refractivity contribution < 1.29 is 14.0 Å². The van der Waals surface area contributed by atoms with E-state index in [-0.39, 0.29) is 17.5 Å². The van der Waals surface area contributed by atoms with Gasteiger partial charge in [-0.1, -0.05) is 26.0 Å². The number of amides is 3. The summed E-state index contributed by atoms with van der Waals surface area (Å²) in [5, 5.41) is 8.64. The molecule has 0 atom stereocenters. The van der Waals surface area contributed by atoms with E-state index < -0.39 is 5.82 Å². The Hall–Kier alpha value is -2.11. The molecule has 0 radical (unpaired) electrons. The molecule has 1 aliphatic rings. The van der Waals surface area contributed by atoms with Crippen LogP contribution in [0.5, 0.6) is 0 Å². The van der Waals surface area contributed by atoms with Gasteiger partial charge in [0.05, 0.1) is 5.56 Å². The second kappa shape index (κ2) is 10.1. The molecule has 1 aromatic rings. The summed E-state index contributed by atoms with van der Waals surface area (Å²) in [6, 6.07) is 5.93. The van der Waals surface area contributed by atoms with Crippen LogP contribution in [0.3, 0.4) is 0 Å². The molecule has 1 saturated carbocycles. The van der Waals surface area contributed by atoms with Crippen molar-refractivity contribution in [3.8, 4) is 0 Å². The van der Waals surface area contributed by atoms with Crippen LogP contribution in [0, 0.1) is 23.6 Å². The summed E-state index contributed by atoms with van der Waals surface area (Å²) in [5.41, 5.74) is 0.0952. The smallest absolute Gasteiger partial charge is 0.314 e. The van der Waals surface area contributed by atoms with E-state index in [4.69, 9.17) is 0 Å². The van der Waals surface area contributed by atoms with Gasteiger partial charge in [0, 0.05) is 19.6 Å². The molecule has 2 rings (SSSR count). The fourth-order valence-electron chi connectivity index (χ4n) is 3.21. The van der Waals surface area contributed by atoms with Crippen molar-refractivity contribution in [2.24, 2.45) is 17.8 Å². The molecular weight excluding hydrogens is 333 g/mol. The normalized spacial score (nSPS) is 19.8. The van der Waals surface area contributed by atoms with Gasteiger partial charge in [-0.15, -0.1) is 0 Å². The second-order valence-corrected chi connectivity index (χ2v) is 7.56. The average molecular weight is 363 g/mol. The molecule has 0 aromatic heterocycles. The van der Waals surface area contributed by atoms with Crippen LogP contribution < -0.4 is 16.0 Å². The lowest BCUT2D eigenvalue weighted by atomic mass is 9.82. The molecular formula is C20H30FN3O2. The molecule has 0 bridgehead atoms. The zero-order valence-corrected chi connectivity index (χ0v) is 15.7. The van der Waals surface area contributed by atoms with Crippen LogP contribution in [0.1, 0.15) is 49.9 Å². The predicted molar refractivity (Wildman–Crippen MR) is 100 cm³/mol. The SMILES string of the molecule is CC(C)CNC(=O)NCC1CCC(CNC(=O)c2ccccc2F)CC1. The number of hydrogen-bond acceptors (Lipinski definition) is 2. The molecule has 0 aliphatic heterocycles. The fraction of sp³-hybridized carbons (Fsp3) is 0.600. The van der Waals surface area contributed by atoms with Gasteiger partial charge in [0.15, 0.2) is 0 Å². The average Bonchev–Trinajstić information content (AvgIpc) is 2.64. The van der Waals surface area contributed by atoms with Crippen LogP contribution in [-0.2, 0) is 0 Å². The van der Waals surface area contributed by atoms with Crippen LogP contribution in [-0.4, -0.2) is 31.6 Å².